The van der Waals surface area contributed by atoms with Crippen LogP contribution in [-0.2, 0) is 6.42 Å². The number of carbonyl (C=O) groups excluding carboxylic acids is 1. The number of methoxy groups -OCH3 is 1. The Kier molecular flexibility index (Phi) is 5.86. The average molecular weight is 489 g/mol. The van der Waals surface area contributed by atoms with Crippen molar-refractivity contribution < 1.29 is 27.8 Å². The first-order chi connectivity index (χ1) is 16.7. The normalized spacial score (nSPS) is 24.4. The fourth-order valence-electron chi connectivity index (χ4n) is 5.27. The van der Waals surface area contributed by atoms with Crippen molar-refractivity contribution in [1.29, 1.82) is 0 Å². The van der Waals surface area contributed by atoms with Gasteiger partial charge in [0.25, 0.3) is 0 Å². The van der Waals surface area contributed by atoms with Crippen LogP contribution in [0.1, 0.15) is 56.0 Å². The molecule has 3 aliphatic carbocycles. The minimum absolute atomic E-state index is 0.0406. The highest BCUT2D eigenvalue weighted by Crippen LogP contribution is 2.46. The van der Waals surface area contributed by atoms with Gasteiger partial charge in [0.05, 0.1) is 29.8 Å². The number of amides is 2. The highest BCUT2D eigenvalue weighted by molar-refractivity contribution is 5.77. The number of rotatable bonds is 6. The molecule has 10 heteroatoms. The summed E-state index contributed by atoms with van der Waals surface area (Å²) in [4.78, 5) is 20.5. The number of fused-ring (bicyclic) bond motifs is 4. The van der Waals surface area contributed by atoms with Crippen molar-refractivity contribution >= 4 is 17.1 Å². The predicted octanol–water partition coefficient (Wildman–Crippen LogP) is 4.41. The molecule has 35 heavy (non-hydrogen) atoms. The zero-order valence-corrected chi connectivity index (χ0v) is 19.3. The van der Waals surface area contributed by atoms with Crippen molar-refractivity contribution in [2.75, 3.05) is 7.11 Å². The summed E-state index contributed by atoms with van der Waals surface area (Å²) in [6, 6.07) is 4.74. The van der Waals surface area contributed by atoms with Crippen LogP contribution < -0.4 is 15.4 Å². The summed E-state index contributed by atoms with van der Waals surface area (Å²) in [7, 11) is 1.31. The van der Waals surface area contributed by atoms with E-state index < -0.39 is 40.7 Å². The summed E-state index contributed by atoms with van der Waals surface area (Å²) in [5.74, 6) is -1.80. The molecule has 0 unspecified atom stereocenters. The van der Waals surface area contributed by atoms with E-state index in [2.05, 4.69) is 20.6 Å². The van der Waals surface area contributed by atoms with Gasteiger partial charge in [-0.05, 0) is 56.7 Å². The van der Waals surface area contributed by atoms with Crippen molar-refractivity contribution in [3.05, 3.63) is 59.2 Å². The summed E-state index contributed by atoms with van der Waals surface area (Å²) in [5.41, 5.74) is -0.439. The lowest BCUT2D eigenvalue weighted by atomic mass is 9.63. The number of aromatic amines is 1. The molecule has 6 rings (SSSR count). The molecule has 0 aliphatic heterocycles. The Balaban J connectivity index is 1.42. The van der Waals surface area contributed by atoms with E-state index in [4.69, 9.17) is 4.74 Å². The molecule has 4 N–H and O–H groups in total. The van der Waals surface area contributed by atoms with Crippen molar-refractivity contribution in [3.8, 4) is 5.75 Å². The van der Waals surface area contributed by atoms with Crippen LogP contribution in [0.15, 0.2) is 30.3 Å². The number of aromatic nitrogens is 2. The first kappa shape index (κ1) is 23.5. The second kappa shape index (κ2) is 8.75. The molecule has 1 heterocycles. The van der Waals surface area contributed by atoms with Crippen molar-refractivity contribution in [1.82, 2.24) is 20.6 Å². The molecule has 7 nitrogen and oxygen atoms in total. The number of carbonyl (C=O) groups is 1. The van der Waals surface area contributed by atoms with Crippen LogP contribution in [0, 0.1) is 17.5 Å². The van der Waals surface area contributed by atoms with Gasteiger partial charge in [0.2, 0.25) is 0 Å². The Morgan fingerprint density at radius 2 is 1.77 bits per heavy atom. The molecule has 3 fully saturated rings. The topological polar surface area (TPSA) is 99.3 Å². The third-order valence-electron chi connectivity index (χ3n) is 7.44. The minimum atomic E-state index is -0.927. The van der Waals surface area contributed by atoms with Crippen LogP contribution in [0.5, 0.6) is 5.75 Å². The molecule has 0 radical (unpaired) electrons. The van der Waals surface area contributed by atoms with E-state index in [0.29, 0.717) is 49.6 Å². The van der Waals surface area contributed by atoms with Crippen molar-refractivity contribution in [3.63, 3.8) is 0 Å². The maximum absolute atomic E-state index is 14.7. The molecule has 1 aromatic heterocycles. The summed E-state index contributed by atoms with van der Waals surface area (Å²) in [5, 5.41) is 16.3. The number of nitrogens with one attached hydrogen (secondary N) is 3. The molecule has 1 atom stereocenters. The van der Waals surface area contributed by atoms with E-state index in [1.165, 1.54) is 25.3 Å². The van der Waals surface area contributed by atoms with E-state index in [-0.39, 0.29) is 23.6 Å². The molecule has 3 aromatic rings. The molecule has 2 amide bonds. The first-order valence-corrected chi connectivity index (χ1v) is 11.7. The largest absolute Gasteiger partial charge is 0.497 e. The minimum Gasteiger partial charge on any atom is -0.497 e. The fraction of sp³-hybridized carbons (Fsp3) is 0.440. The lowest BCUT2D eigenvalue weighted by molar-refractivity contribution is -0.0694. The van der Waals surface area contributed by atoms with Gasteiger partial charge in [-0.3, -0.25) is 0 Å². The van der Waals surface area contributed by atoms with E-state index in [1.54, 1.807) is 0 Å². The molecule has 0 spiro atoms. The van der Waals surface area contributed by atoms with Crippen LogP contribution in [0.4, 0.5) is 18.0 Å². The standard InChI is InChI=1S/C25H27F3N4O3/c1-35-15-11-17(27)16(18(28)12-15)13-21(22-29-19-3-2-14(26)10-20(19)30-22)31-23(33)32-24-4-7-25(34,8-5-24)9-6-24/h2-3,10-12,21,34H,4-9,13H2,1H3,(H,29,30)(H2,31,32,33)/t21-,24?,25?/m1/s1. The Morgan fingerprint density at radius 1 is 1.11 bits per heavy atom. The van der Waals surface area contributed by atoms with E-state index >= 15 is 0 Å². The number of aliphatic hydroxyl groups is 1. The van der Waals surface area contributed by atoms with E-state index in [0.717, 1.165) is 12.1 Å². The van der Waals surface area contributed by atoms with Gasteiger partial charge < -0.3 is 25.5 Å². The Hall–Kier alpha value is -3.27. The number of halogens is 3. The molecular formula is C25H27F3N4O3. The number of urea groups is 1. The van der Waals surface area contributed by atoms with Crippen LogP contribution in [0.25, 0.3) is 11.0 Å². The van der Waals surface area contributed by atoms with Crippen LogP contribution in [-0.4, -0.2) is 39.4 Å². The van der Waals surface area contributed by atoms with Gasteiger partial charge in [-0.25, -0.2) is 22.9 Å². The highest BCUT2D eigenvalue weighted by Gasteiger charge is 2.48. The number of hydrogen-bond acceptors (Lipinski definition) is 4. The van der Waals surface area contributed by atoms with E-state index in [9.17, 15) is 23.1 Å². The molecule has 3 saturated carbocycles. The second-order valence-electron chi connectivity index (χ2n) is 9.71. The van der Waals surface area contributed by atoms with Crippen LogP contribution in [0.3, 0.4) is 0 Å². The van der Waals surface area contributed by atoms with Crippen molar-refractivity contribution in [2.24, 2.45) is 0 Å². The second-order valence-corrected chi connectivity index (χ2v) is 9.71. The summed E-state index contributed by atoms with van der Waals surface area (Å²) in [6.07, 6.45) is 3.61. The number of nitrogens with zero attached hydrogens (tertiary/aromatic N) is 1. The van der Waals surface area contributed by atoms with Crippen molar-refractivity contribution in [2.45, 2.75) is 62.1 Å². The maximum atomic E-state index is 14.7. The van der Waals surface area contributed by atoms with Gasteiger partial charge in [-0.2, -0.15) is 0 Å². The van der Waals surface area contributed by atoms with Gasteiger partial charge in [0.15, 0.2) is 0 Å². The quantitative estimate of drug-likeness (QED) is 0.413. The smallest absolute Gasteiger partial charge is 0.315 e. The van der Waals surface area contributed by atoms with Gasteiger partial charge in [0, 0.05) is 29.7 Å². The zero-order valence-electron chi connectivity index (χ0n) is 19.3. The SMILES string of the molecule is COc1cc(F)c(C[C@@H](NC(=O)NC23CCC(O)(CC2)CC3)c2nc3ccc(F)cc3[nH]2)c(F)c1. The van der Waals surface area contributed by atoms with Crippen LogP contribution in [0.2, 0.25) is 0 Å². The molecule has 186 valence electrons. The Morgan fingerprint density at radius 3 is 2.40 bits per heavy atom. The molecule has 3 aliphatic rings. The third kappa shape index (κ3) is 4.67. The molecule has 2 aromatic carbocycles. The number of H-pyrrole nitrogens is 1. The summed E-state index contributed by atoms with van der Waals surface area (Å²) >= 11 is 0. The van der Waals surface area contributed by atoms with Gasteiger partial charge >= 0.3 is 6.03 Å². The maximum Gasteiger partial charge on any atom is 0.315 e. The summed E-state index contributed by atoms with van der Waals surface area (Å²) < 4.78 is 48.1. The Bertz CT molecular complexity index is 1230. The number of ether oxygens (including phenoxy) is 1. The molecule has 0 saturated heterocycles. The highest BCUT2D eigenvalue weighted by atomic mass is 19.1. The number of hydrogen-bond donors (Lipinski definition) is 4. The first-order valence-electron chi connectivity index (χ1n) is 11.7. The fourth-order valence-corrected chi connectivity index (χ4v) is 5.27. The zero-order chi connectivity index (χ0) is 24.8. The van der Waals surface area contributed by atoms with E-state index in [1.807, 2.05) is 0 Å². The number of benzene rings is 2. The van der Waals surface area contributed by atoms with Gasteiger partial charge in [-0.15, -0.1) is 0 Å². The average Bonchev–Trinajstić information content (AvgIpc) is 3.24. The monoisotopic (exact) mass is 488 g/mol. The lowest BCUT2D eigenvalue weighted by Crippen LogP contribution is -2.60. The molecular weight excluding hydrogens is 461 g/mol. The predicted molar refractivity (Wildman–Crippen MR) is 122 cm³/mol. The third-order valence-corrected chi connectivity index (χ3v) is 7.44. The van der Waals surface area contributed by atoms with Crippen LogP contribution >= 0.6 is 0 Å². The summed E-state index contributed by atoms with van der Waals surface area (Å²) in [6.45, 7) is 0. The lowest BCUT2D eigenvalue weighted by Gasteiger charge is -2.51. The number of imidazole rings is 1. The Labute approximate surface area is 200 Å². The van der Waals surface area contributed by atoms with Gasteiger partial charge in [0.1, 0.15) is 29.0 Å². The molecule has 2 bridgehead atoms. The van der Waals surface area contributed by atoms with Gasteiger partial charge in [-0.1, -0.05) is 0 Å².